The molecule has 0 saturated heterocycles. The van der Waals surface area contributed by atoms with Crippen molar-refractivity contribution in [3.8, 4) is 78.4 Å². The van der Waals surface area contributed by atoms with Gasteiger partial charge in [0.2, 0.25) is 0 Å². The summed E-state index contributed by atoms with van der Waals surface area (Å²) in [6, 6.07) is 67.7. The van der Waals surface area contributed by atoms with Gasteiger partial charge >= 0.3 is 0 Å². The van der Waals surface area contributed by atoms with E-state index in [-0.39, 0.29) is 5.41 Å². The molecule has 2 aromatic heterocycles. The van der Waals surface area contributed by atoms with E-state index in [1.807, 2.05) is 30.6 Å². The van der Waals surface area contributed by atoms with Crippen LogP contribution in [0, 0.1) is 0 Å². The first-order valence-electron chi connectivity index (χ1n) is 18.8. The van der Waals surface area contributed by atoms with E-state index in [1.54, 1.807) is 0 Å². The number of pyridine rings is 1. The van der Waals surface area contributed by atoms with E-state index in [0.29, 0.717) is 5.82 Å². The Morgan fingerprint density at radius 3 is 1.44 bits per heavy atom. The zero-order valence-corrected chi connectivity index (χ0v) is 29.9. The fourth-order valence-electron chi connectivity index (χ4n) is 8.98. The summed E-state index contributed by atoms with van der Waals surface area (Å²) in [5.41, 5.74) is 19.5. The van der Waals surface area contributed by atoms with Crippen LogP contribution in [0.25, 0.3) is 78.4 Å². The van der Waals surface area contributed by atoms with Gasteiger partial charge in [-0.25, -0.2) is 9.97 Å². The van der Waals surface area contributed by atoms with Gasteiger partial charge in [0.05, 0.1) is 16.8 Å². The zero-order chi connectivity index (χ0) is 36.3. The second kappa shape index (κ2) is 12.4. The fraction of sp³-hybridized carbons (Fsp3) is 0.0192. The van der Waals surface area contributed by atoms with Crippen LogP contribution >= 0.6 is 0 Å². The molecule has 256 valence electrons. The van der Waals surface area contributed by atoms with E-state index in [2.05, 4.69) is 175 Å². The van der Waals surface area contributed by atoms with Crippen molar-refractivity contribution in [2.45, 2.75) is 5.41 Å². The number of benzene rings is 7. The third-order valence-corrected chi connectivity index (χ3v) is 11.4. The van der Waals surface area contributed by atoms with Crippen molar-refractivity contribution in [3.05, 3.63) is 223 Å². The van der Waals surface area contributed by atoms with Crippen LogP contribution in [0.4, 0.5) is 0 Å². The number of fused-ring (bicyclic) bond motifs is 10. The van der Waals surface area contributed by atoms with Gasteiger partial charge in [0, 0.05) is 29.1 Å². The summed E-state index contributed by atoms with van der Waals surface area (Å²) in [6.07, 6.45) is 3.66. The quantitative estimate of drug-likeness (QED) is 0.179. The van der Waals surface area contributed by atoms with Crippen LogP contribution in [-0.4, -0.2) is 15.0 Å². The normalized spacial score (nSPS) is 12.9. The molecular formula is C52H33N3. The van der Waals surface area contributed by atoms with Crippen molar-refractivity contribution < 1.29 is 0 Å². The molecule has 0 amide bonds. The highest BCUT2D eigenvalue weighted by Gasteiger charge is 2.51. The van der Waals surface area contributed by atoms with Crippen LogP contribution in [-0.2, 0) is 5.41 Å². The maximum absolute atomic E-state index is 5.32. The van der Waals surface area contributed by atoms with Gasteiger partial charge in [-0.2, -0.15) is 0 Å². The Morgan fingerprint density at radius 2 is 0.764 bits per heavy atom. The van der Waals surface area contributed by atoms with Gasteiger partial charge in [-0.15, -0.1) is 0 Å². The van der Waals surface area contributed by atoms with Crippen LogP contribution in [0.1, 0.15) is 22.3 Å². The lowest BCUT2D eigenvalue weighted by atomic mass is 9.70. The Hall–Kier alpha value is -7.23. The molecule has 0 atom stereocenters. The lowest BCUT2D eigenvalue weighted by Crippen LogP contribution is -2.25. The molecular weight excluding hydrogens is 667 g/mol. The monoisotopic (exact) mass is 699 g/mol. The fourth-order valence-corrected chi connectivity index (χ4v) is 8.98. The predicted octanol–water partition coefficient (Wildman–Crippen LogP) is 12.6. The largest absolute Gasteiger partial charge is 0.265 e. The molecule has 0 fully saturated rings. The Kier molecular flexibility index (Phi) is 7.08. The molecule has 2 heterocycles. The summed E-state index contributed by atoms with van der Waals surface area (Å²) in [5, 5.41) is 0. The second-order valence-corrected chi connectivity index (χ2v) is 14.4. The number of nitrogens with zero attached hydrogens (tertiary/aromatic N) is 3. The summed E-state index contributed by atoms with van der Waals surface area (Å²) in [5.74, 6) is 0.694. The van der Waals surface area contributed by atoms with Crippen LogP contribution in [0.3, 0.4) is 0 Å². The Bertz CT molecular complexity index is 2870. The molecule has 3 heteroatoms. The number of hydrogen-bond acceptors (Lipinski definition) is 3. The number of aromatic nitrogens is 3. The minimum absolute atomic E-state index is 0.381. The summed E-state index contributed by atoms with van der Waals surface area (Å²) >= 11 is 0. The van der Waals surface area contributed by atoms with Gasteiger partial charge in [0.15, 0.2) is 5.82 Å². The van der Waals surface area contributed by atoms with E-state index in [9.17, 15) is 0 Å². The number of rotatable bonds is 5. The van der Waals surface area contributed by atoms with E-state index in [0.717, 1.165) is 50.3 Å². The molecule has 0 radical (unpaired) electrons. The van der Waals surface area contributed by atoms with Gasteiger partial charge in [0.25, 0.3) is 0 Å². The van der Waals surface area contributed by atoms with E-state index in [4.69, 9.17) is 9.97 Å². The third kappa shape index (κ3) is 4.87. The van der Waals surface area contributed by atoms with E-state index < -0.39 is 0 Å². The van der Waals surface area contributed by atoms with Crippen molar-refractivity contribution in [2.24, 2.45) is 0 Å². The molecule has 0 aliphatic heterocycles. The molecule has 0 unspecified atom stereocenters. The maximum Gasteiger partial charge on any atom is 0.160 e. The smallest absolute Gasteiger partial charge is 0.160 e. The average Bonchev–Trinajstić information content (AvgIpc) is 3.74. The van der Waals surface area contributed by atoms with Crippen LogP contribution in [0.5, 0.6) is 0 Å². The van der Waals surface area contributed by atoms with Crippen molar-refractivity contribution in [2.75, 3.05) is 0 Å². The molecule has 11 rings (SSSR count). The highest BCUT2D eigenvalue weighted by Crippen LogP contribution is 2.62. The average molecular weight is 700 g/mol. The standard InChI is InChI=1S/C52H33N3/c1-2-11-34(12-3-1)38-13-10-14-40(31-38)51-54-49(37-23-21-35(22-24-37)36-27-29-53-30-28-36)33-50(55-51)39-25-26-48-44(32-39)43-17-6-9-20-47(43)52(48)45-18-7-4-15-41(45)42-16-5-8-19-46(42)52/h1-33H. The van der Waals surface area contributed by atoms with E-state index in [1.165, 1.54) is 44.5 Å². The first-order valence-corrected chi connectivity index (χ1v) is 18.8. The molecule has 1 spiro atoms. The third-order valence-electron chi connectivity index (χ3n) is 11.4. The SMILES string of the molecule is c1ccc(-c2cccc(-c3nc(-c4ccc(-c5ccncc5)cc4)cc(-c4ccc5c(c4)-c4ccccc4C54c5ccccc5-c5ccccc54)n3)c2)cc1. The molecule has 0 saturated carbocycles. The molecule has 9 aromatic rings. The van der Waals surface area contributed by atoms with Crippen molar-refractivity contribution >= 4 is 0 Å². The Morgan fingerprint density at radius 1 is 0.291 bits per heavy atom. The molecule has 2 aliphatic rings. The minimum atomic E-state index is -0.381. The minimum Gasteiger partial charge on any atom is -0.265 e. The van der Waals surface area contributed by atoms with Crippen molar-refractivity contribution in [3.63, 3.8) is 0 Å². The Labute approximate surface area is 320 Å². The topological polar surface area (TPSA) is 38.7 Å². The van der Waals surface area contributed by atoms with Gasteiger partial charge in [0.1, 0.15) is 0 Å². The summed E-state index contributed by atoms with van der Waals surface area (Å²) in [7, 11) is 0. The van der Waals surface area contributed by atoms with Crippen LogP contribution < -0.4 is 0 Å². The van der Waals surface area contributed by atoms with E-state index >= 15 is 0 Å². The summed E-state index contributed by atoms with van der Waals surface area (Å²) in [6.45, 7) is 0. The Balaban J connectivity index is 1.10. The molecule has 3 nitrogen and oxygen atoms in total. The maximum atomic E-state index is 5.32. The predicted molar refractivity (Wildman–Crippen MR) is 223 cm³/mol. The zero-order valence-electron chi connectivity index (χ0n) is 29.9. The van der Waals surface area contributed by atoms with Crippen molar-refractivity contribution in [1.82, 2.24) is 15.0 Å². The van der Waals surface area contributed by atoms with Crippen LogP contribution in [0.15, 0.2) is 200 Å². The van der Waals surface area contributed by atoms with Gasteiger partial charge < -0.3 is 0 Å². The van der Waals surface area contributed by atoms with Gasteiger partial charge in [-0.1, -0.05) is 158 Å². The highest BCUT2D eigenvalue weighted by molar-refractivity contribution is 5.96. The van der Waals surface area contributed by atoms with Crippen LogP contribution in [0.2, 0.25) is 0 Å². The lowest BCUT2D eigenvalue weighted by molar-refractivity contribution is 0.794. The lowest BCUT2D eigenvalue weighted by Gasteiger charge is -2.30. The second-order valence-electron chi connectivity index (χ2n) is 14.4. The van der Waals surface area contributed by atoms with Gasteiger partial charge in [-0.05, 0) is 97.1 Å². The van der Waals surface area contributed by atoms with Gasteiger partial charge in [-0.3, -0.25) is 4.98 Å². The first kappa shape index (κ1) is 31.3. The summed E-state index contributed by atoms with van der Waals surface area (Å²) in [4.78, 5) is 14.8. The molecule has 7 aromatic carbocycles. The highest BCUT2D eigenvalue weighted by atomic mass is 14.9. The van der Waals surface area contributed by atoms with Crippen molar-refractivity contribution in [1.29, 1.82) is 0 Å². The molecule has 0 bridgehead atoms. The molecule has 0 N–H and O–H groups in total. The summed E-state index contributed by atoms with van der Waals surface area (Å²) < 4.78 is 0. The molecule has 55 heavy (non-hydrogen) atoms. The number of hydrogen-bond donors (Lipinski definition) is 0. The molecule has 2 aliphatic carbocycles. The first-order chi connectivity index (χ1) is 27.3.